The van der Waals surface area contributed by atoms with E-state index in [0.29, 0.717) is 0 Å². The minimum atomic E-state index is 0.738. The lowest BCUT2D eigenvalue weighted by Gasteiger charge is -2.02. The van der Waals surface area contributed by atoms with E-state index in [0.717, 1.165) is 33.9 Å². The number of aromatic nitrogens is 2. The lowest BCUT2D eigenvalue weighted by atomic mass is 10.2. The van der Waals surface area contributed by atoms with Crippen LogP contribution in [0.3, 0.4) is 0 Å². The van der Waals surface area contributed by atoms with Crippen LogP contribution >= 0.6 is 27.5 Å². The van der Waals surface area contributed by atoms with Crippen molar-refractivity contribution in [3.8, 4) is 0 Å². The average Bonchev–Trinajstić information content (AvgIpc) is 2.83. The van der Waals surface area contributed by atoms with Crippen molar-refractivity contribution in [2.75, 3.05) is 0 Å². The molecule has 3 nitrogen and oxygen atoms in total. The van der Waals surface area contributed by atoms with Crippen molar-refractivity contribution in [1.29, 1.82) is 0 Å². The van der Waals surface area contributed by atoms with Crippen molar-refractivity contribution < 1.29 is 0 Å². The Balaban J connectivity index is 1.63. The molecule has 0 aliphatic rings. The number of nitrogens with zero attached hydrogens (tertiary/aromatic N) is 2. The quantitative estimate of drug-likeness (QED) is 0.769. The molecular weight excluding hydrogens is 338 g/mol. The molecule has 3 aromatic rings. The molecule has 0 aliphatic heterocycles. The fourth-order valence-corrected chi connectivity index (χ4v) is 2.52. The fourth-order valence-electron chi connectivity index (χ4n) is 2.04. The highest BCUT2D eigenvalue weighted by molar-refractivity contribution is 9.10. The van der Waals surface area contributed by atoms with Crippen LogP contribution in [0.25, 0.3) is 5.65 Å². The van der Waals surface area contributed by atoms with Gasteiger partial charge >= 0.3 is 0 Å². The van der Waals surface area contributed by atoms with Gasteiger partial charge in [-0.15, -0.1) is 0 Å². The number of halogens is 2. The summed E-state index contributed by atoms with van der Waals surface area (Å²) in [5.41, 5.74) is 3.19. The zero-order valence-electron chi connectivity index (χ0n) is 10.7. The molecule has 2 aromatic heterocycles. The van der Waals surface area contributed by atoms with E-state index in [9.17, 15) is 0 Å². The second-order valence-electron chi connectivity index (χ2n) is 4.58. The molecule has 0 unspecified atom stereocenters. The molecular formula is C15H13BrClN3. The average molecular weight is 351 g/mol. The molecule has 0 radical (unpaired) electrons. The topological polar surface area (TPSA) is 29.3 Å². The molecule has 5 heteroatoms. The Morgan fingerprint density at radius 2 is 1.85 bits per heavy atom. The summed E-state index contributed by atoms with van der Waals surface area (Å²) < 4.78 is 3.06. The highest BCUT2D eigenvalue weighted by atomic mass is 79.9. The van der Waals surface area contributed by atoms with Gasteiger partial charge in [0.25, 0.3) is 0 Å². The van der Waals surface area contributed by atoms with Crippen LogP contribution in [0.5, 0.6) is 0 Å². The predicted molar refractivity (Wildman–Crippen MR) is 84.9 cm³/mol. The predicted octanol–water partition coefficient (Wildman–Crippen LogP) is 4.04. The third-order valence-corrected chi connectivity index (χ3v) is 3.73. The summed E-state index contributed by atoms with van der Waals surface area (Å²) in [7, 11) is 0. The van der Waals surface area contributed by atoms with Gasteiger partial charge in [0.05, 0.1) is 5.69 Å². The normalized spacial score (nSPS) is 11.1. The Kier molecular flexibility index (Phi) is 4.05. The smallest absolute Gasteiger partial charge is 0.137 e. The first-order valence-electron chi connectivity index (χ1n) is 6.29. The third-order valence-electron chi connectivity index (χ3n) is 3.01. The largest absolute Gasteiger partial charge is 0.307 e. The molecule has 1 N–H and O–H groups in total. The van der Waals surface area contributed by atoms with Crippen LogP contribution < -0.4 is 5.32 Å². The van der Waals surface area contributed by atoms with E-state index in [1.165, 1.54) is 5.56 Å². The first kappa shape index (κ1) is 13.6. The maximum atomic E-state index is 5.86. The Morgan fingerprint density at radius 1 is 1.05 bits per heavy atom. The Bertz CT molecular complexity index is 722. The molecule has 102 valence electrons. The SMILES string of the molecule is Clc1ccc(CNCc2cn3cc(Br)ccc3n2)cc1. The van der Waals surface area contributed by atoms with E-state index in [2.05, 4.69) is 26.2 Å². The number of rotatable bonds is 4. The molecule has 0 fully saturated rings. The van der Waals surface area contributed by atoms with Crippen molar-refractivity contribution in [2.24, 2.45) is 0 Å². The molecule has 3 rings (SSSR count). The molecule has 0 saturated heterocycles. The number of hydrogen-bond acceptors (Lipinski definition) is 2. The Labute approximate surface area is 130 Å². The van der Waals surface area contributed by atoms with Gasteiger partial charge in [-0.2, -0.15) is 0 Å². The van der Waals surface area contributed by atoms with E-state index in [1.54, 1.807) is 0 Å². The van der Waals surface area contributed by atoms with E-state index >= 15 is 0 Å². The summed E-state index contributed by atoms with van der Waals surface area (Å²) in [6, 6.07) is 11.8. The van der Waals surface area contributed by atoms with Gasteiger partial charge in [-0.3, -0.25) is 0 Å². The minimum absolute atomic E-state index is 0.738. The highest BCUT2D eigenvalue weighted by Gasteiger charge is 2.01. The zero-order valence-corrected chi connectivity index (χ0v) is 13.0. The first-order chi connectivity index (χ1) is 9.70. The van der Waals surface area contributed by atoms with Gasteiger partial charge in [-0.25, -0.2) is 4.98 Å². The van der Waals surface area contributed by atoms with Crippen LogP contribution in [-0.2, 0) is 13.1 Å². The fraction of sp³-hybridized carbons (Fsp3) is 0.133. The number of benzene rings is 1. The van der Waals surface area contributed by atoms with Gasteiger partial charge in [-0.1, -0.05) is 23.7 Å². The van der Waals surface area contributed by atoms with Crippen LogP contribution in [0.15, 0.2) is 53.3 Å². The second-order valence-corrected chi connectivity index (χ2v) is 5.93. The Hall–Kier alpha value is -1.36. The van der Waals surface area contributed by atoms with Crippen molar-refractivity contribution >= 4 is 33.2 Å². The molecule has 0 aliphatic carbocycles. The summed E-state index contributed by atoms with van der Waals surface area (Å²) in [6.45, 7) is 1.54. The van der Waals surface area contributed by atoms with Gasteiger partial charge in [0.1, 0.15) is 5.65 Å². The van der Waals surface area contributed by atoms with Crippen LogP contribution in [0, 0.1) is 0 Å². The summed E-state index contributed by atoms with van der Waals surface area (Å²) in [6.07, 6.45) is 4.04. The van der Waals surface area contributed by atoms with Crippen molar-refractivity contribution in [3.05, 3.63) is 69.5 Å². The van der Waals surface area contributed by atoms with Crippen LogP contribution in [-0.4, -0.2) is 9.38 Å². The number of nitrogens with one attached hydrogen (secondary N) is 1. The highest BCUT2D eigenvalue weighted by Crippen LogP contribution is 2.13. The van der Waals surface area contributed by atoms with Gasteiger partial charge in [0.2, 0.25) is 0 Å². The molecule has 0 bridgehead atoms. The standard InChI is InChI=1S/C15H13BrClN3/c16-12-3-6-15-19-14(10-20(15)9-12)8-18-7-11-1-4-13(17)5-2-11/h1-6,9-10,18H,7-8H2. The van der Waals surface area contributed by atoms with Gasteiger partial charge < -0.3 is 9.72 Å². The number of pyridine rings is 1. The van der Waals surface area contributed by atoms with Crippen molar-refractivity contribution in [1.82, 2.24) is 14.7 Å². The monoisotopic (exact) mass is 349 g/mol. The summed E-state index contributed by atoms with van der Waals surface area (Å²) in [5, 5.41) is 4.15. The zero-order chi connectivity index (χ0) is 13.9. The van der Waals surface area contributed by atoms with E-state index in [1.807, 2.05) is 53.2 Å². The van der Waals surface area contributed by atoms with Crippen LogP contribution in [0.2, 0.25) is 5.02 Å². The molecule has 0 saturated carbocycles. The molecule has 20 heavy (non-hydrogen) atoms. The summed E-state index contributed by atoms with van der Waals surface area (Å²) in [5.74, 6) is 0. The molecule has 0 amide bonds. The number of imidazole rings is 1. The lowest BCUT2D eigenvalue weighted by Crippen LogP contribution is -2.12. The molecule has 2 heterocycles. The van der Waals surface area contributed by atoms with Crippen LogP contribution in [0.1, 0.15) is 11.3 Å². The number of hydrogen-bond donors (Lipinski definition) is 1. The summed E-state index contributed by atoms with van der Waals surface area (Å²) in [4.78, 5) is 4.56. The van der Waals surface area contributed by atoms with Crippen molar-refractivity contribution in [2.45, 2.75) is 13.1 Å². The minimum Gasteiger partial charge on any atom is -0.307 e. The van der Waals surface area contributed by atoms with Crippen LogP contribution in [0.4, 0.5) is 0 Å². The van der Waals surface area contributed by atoms with E-state index in [-0.39, 0.29) is 0 Å². The maximum Gasteiger partial charge on any atom is 0.137 e. The van der Waals surface area contributed by atoms with E-state index < -0.39 is 0 Å². The van der Waals surface area contributed by atoms with Crippen molar-refractivity contribution in [3.63, 3.8) is 0 Å². The van der Waals surface area contributed by atoms with Gasteiger partial charge in [-0.05, 0) is 45.8 Å². The van der Waals surface area contributed by atoms with E-state index in [4.69, 9.17) is 11.6 Å². The second kappa shape index (κ2) is 5.95. The number of fused-ring (bicyclic) bond motifs is 1. The van der Waals surface area contributed by atoms with Gasteiger partial charge in [0, 0.05) is 35.0 Å². The van der Waals surface area contributed by atoms with Gasteiger partial charge in [0.15, 0.2) is 0 Å². The third kappa shape index (κ3) is 3.20. The molecule has 0 atom stereocenters. The molecule has 1 aromatic carbocycles. The lowest BCUT2D eigenvalue weighted by molar-refractivity contribution is 0.683. The maximum absolute atomic E-state index is 5.86. The summed E-state index contributed by atoms with van der Waals surface area (Å²) >= 11 is 9.32. The Morgan fingerprint density at radius 3 is 2.65 bits per heavy atom. The molecule has 0 spiro atoms. The first-order valence-corrected chi connectivity index (χ1v) is 7.46.